The topological polar surface area (TPSA) is 135 Å². The first-order chi connectivity index (χ1) is 15.8. The Hall–Kier alpha value is -3.84. The number of amides is 2. The molecule has 1 aromatic carbocycles. The fraction of sp³-hybridized carbons (Fsp3) is 0.200. The number of carbonyl (C=O) groups excluding carboxylic acids is 2. The van der Waals surface area contributed by atoms with Crippen molar-refractivity contribution in [2.45, 2.75) is 19.3 Å². The number of pyridine rings is 1. The van der Waals surface area contributed by atoms with Crippen molar-refractivity contribution >= 4 is 40.5 Å². The standard InChI is InChI=1S/C20H17F2N5O5S/c21-20(22)31-13-2-1-12(6-14(13)32-20)26-17(29)7-15-19(25-10-33-15)24-8-11-3-4-23-16(5-11)27-18(30)9-28/h1-6,10,24,28H,7-9H2,(H,26,29)(H,23,27,30). The molecule has 0 bridgehead atoms. The smallest absolute Gasteiger partial charge is 0.395 e. The van der Waals surface area contributed by atoms with Crippen LogP contribution in [-0.2, 0) is 22.6 Å². The number of aliphatic hydroxyl groups is 1. The van der Waals surface area contributed by atoms with E-state index in [1.165, 1.54) is 35.7 Å². The van der Waals surface area contributed by atoms with Gasteiger partial charge in [0.15, 0.2) is 11.5 Å². The van der Waals surface area contributed by atoms with Crippen molar-refractivity contribution in [3.05, 3.63) is 52.5 Å². The van der Waals surface area contributed by atoms with Crippen LogP contribution < -0.4 is 25.4 Å². The lowest BCUT2D eigenvalue weighted by Crippen LogP contribution is -2.25. The minimum Gasteiger partial charge on any atom is -0.395 e. The number of aromatic nitrogens is 2. The van der Waals surface area contributed by atoms with E-state index in [4.69, 9.17) is 5.11 Å². The monoisotopic (exact) mass is 477 g/mol. The largest absolute Gasteiger partial charge is 0.586 e. The highest BCUT2D eigenvalue weighted by Gasteiger charge is 2.43. The van der Waals surface area contributed by atoms with Gasteiger partial charge in [0.1, 0.15) is 18.2 Å². The number of hydrogen-bond acceptors (Lipinski definition) is 9. The summed E-state index contributed by atoms with van der Waals surface area (Å²) in [4.78, 5) is 32.7. The zero-order chi connectivity index (χ0) is 23.4. The Morgan fingerprint density at radius 3 is 2.70 bits per heavy atom. The van der Waals surface area contributed by atoms with Crippen LogP contribution in [0.1, 0.15) is 10.4 Å². The van der Waals surface area contributed by atoms with Gasteiger partial charge in [-0.15, -0.1) is 20.1 Å². The maximum Gasteiger partial charge on any atom is 0.586 e. The fourth-order valence-corrected chi connectivity index (χ4v) is 3.67. The number of nitrogens with one attached hydrogen (secondary N) is 3. The third-order valence-electron chi connectivity index (χ3n) is 4.34. The summed E-state index contributed by atoms with van der Waals surface area (Å²) < 4.78 is 35.0. The quantitative estimate of drug-likeness (QED) is 0.389. The Morgan fingerprint density at radius 1 is 1.06 bits per heavy atom. The first-order valence-corrected chi connectivity index (χ1v) is 10.4. The van der Waals surface area contributed by atoms with E-state index >= 15 is 0 Å². The molecule has 4 rings (SSSR count). The number of thiazole rings is 1. The van der Waals surface area contributed by atoms with Gasteiger partial charge in [0.25, 0.3) is 5.91 Å². The lowest BCUT2D eigenvalue weighted by atomic mass is 10.2. The van der Waals surface area contributed by atoms with Crippen molar-refractivity contribution in [1.29, 1.82) is 0 Å². The number of aliphatic hydroxyl groups excluding tert-OH is 1. The van der Waals surface area contributed by atoms with E-state index in [-0.39, 0.29) is 29.5 Å². The van der Waals surface area contributed by atoms with Crippen LogP contribution in [0.25, 0.3) is 0 Å². The van der Waals surface area contributed by atoms with E-state index in [0.29, 0.717) is 23.1 Å². The molecular formula is C20H17F2N5O5S. The SMILES string of the molecule is O=C(Cc1scnc1NCc1ccnc(NC(=O)CO)c1)Nc1ccc2c(c1)OC(F)(F)O2. The van der Waals surface area contributed by atoms with Gasteiger partial charge in [-0.1, -0.05) is 0 Å². The van der Waals surface area contributed by atoms with Crippen molar-refractivity contribution in [1.82, 2.24) is 9.97 Å². The lowest BCUT2D eigenvalue weighted by Gasteiger charge is -2.09. The molecular weight excluding hydrogens is 460 g/mol. The molecule has 33 heavy (non-hydrogen) atoms. The predicted molar refractivity (Wildman–Crippen MR) is 114 cm³/mol. The van der Waals surface area contributed by atoms with E-state index in [1.807, 2.05) is 0 Å². The summed E-state index contributed by atoms with van der Waals surface area (Å²) in [6.45, 7) is -0.299. The van der Waals surface area contributed by atoms with Crippen LogP contribution in [0.15, 0.2) is 42.0 Å². The molecule has 2 amide bonds. The second-order valence-electron chi connectivity index (χ2n) is 6.79. The third-order valence-corrected chi connectivity index (χ3v) is 5.18. The first kappa shape index (κ1) is 22.4. The Balaban J connectivity index is 1.34. The Morgan fingerprint density at radius 2 is 1.88 bits per heavy atom. The van der Waals surface area contributed by atoms with E-state index in [0.717, 1.165) is 5.56 Å². The molecule has 3 aromatic rings. The molecule has 0 spiro atoms. The minimum absolute atomic E-state index is 0.00571. The second-order valence-corrected chi connectivity index (χ2v) is 7.73. The predicted octanol–water partition coefficient (Wildman–Crippen LogP) is 2.58. The van der Waals surface area contributed by atoms with E-state index in [9.17, 15) is 18.4 Å². The van der Waals surface area contributed by atoms with Gasteiger partial charge in [0.05, 0.1) is 16.8 Å². The molecule has 0 aliphatic carbocycles. The number of fused-ring (bicyclic) bond motifs is 1. The second kappa shape index (κ2) is 9.34. The highest BCUT2D eigenvalue weighted by Crippen LogP contribution is 2.42. The molecule has 0 saturated carbocycles. The molecule has 13 heteroatoms. The molecule has 2 aromatic heterocycles. The molecule has 1 aliphatic rings. The number of anilines is 3. The molecule has 0 radical (unpaired) electrons. The van der Waals surface area contributed by atoms with Crippen LogP contribution in [0.2, 0.25) is 0 Å². The number of ether oxygens (including phenoxy) is 2. The van der Waals surface area contributed by atoms with Crippen LogP contribution in [0.3, 0.4) is 0 Å². The highest BCUT2D eigenvalue weighted by atomic mass is 32.1. The van der Waals surface area contributed by atoms with Crippen molar-refractivity contribution in [2.75, 3.05) is 22.6 Å². The van der Waals surface area contributed by atoms with Gasteiger partial charge < -0.3 is 30.5 Å². The molecule has 3 heterocycles. The summed E-state index contributed by atoms with van der Waals surface area (Å²) >= 11 is 1.28. The normalized spacial score (nSPS) is 13.4. The van der Waals surface area contributed by atoms with Gasteiger partial charge in [0, 0.05) is 24.5 Å². The average Bonchev–Trinajstić information content (AvgIpc) is 3.33. The van der Waals surface area contributed by atoms with Gasteiger partial charge in [-0.2, -0.15) is 0 Å². The van der Waals surface area contributed by atoms with Crippen molar-refractivity contribution in [3.8, 4) is 11.5 Å². The number of carbonyl (C=O) groups is 2. The Labute approximate surface area is 189 Å². The van der Waals surface area contributed by atoms with Crippen LogP contribution in [0.5, 0.6) is 11.5 Å². The number of hydrogen-bond donors (Lipinski definition) is 4. The summed E-state index contributed by atoms with van der Waals surface area (Å²) in [5, 5.41) is 17.0. The first-order valence-electron chi connectivity index (χ1n) is 9.53. The summed E-state index contributed by atoms with van der Waals surface area (Å²) in [7, 11) is 0. The van der Waals surface area contributed by atoms with E-state index < -0.39 is 18.8 Å². The zero-order valence-corrected chi connectivity index (χ0v) is 17.6. The van der Waals surface area contributed by atoms with Gasteiger partial charge in [0.2, 0.25) is 5.91 Å². The molecule has 4 N–H and O–H groups in total. The minimum atomic E-state index is -3.73. The zero-order valence-electron chi connectivity index (χ0n) is 16.8. The molecule has 10 nitrogen and oxygen atoms in total. The summed E-state index contributed by atoms with van der Waals surface area (Å²) in [6.07, 6.45) is -2.21. The number of rotatable bonds is 8. The van der Waals surface area contributed by atoms with Gasteiger partial charge in [-0.05, 0) is 29.8 Å². The van der Waals surface area contributed by atoms with E-state index in [2.05, 4.69) is 35.4 Å². The number of alkyl halides is 2. The van der Waals surface area contributed by atoms with Crippen LogP contribution in [0.4, 0.5) is 26.1 Å². The third kappa shape index (κ3) is 5.70. The molecule has 1 aliphatic heterocycles. The average molecular weight is 477 g/mol. The lowest BCUT2D eigenvalue weighted by molar-refractivity contribution is -0.286. The van der Waals surface area contributed by atoms with Crippen LogP contribution >= 0.6 is 11.3 Å². The Bertz CT molecular complexity index is 1190. The molecule has 172 valence electrons. The fourth-order valence-electron chi connectivity index (χ4n) is 2.94. The summed E-state index contributed by atoms with van der Waals surface area (Å²) in [5.74, 6) is -0.402. The van der Waals surface area contributed by atoms with Crippen LogP contribution in [-0.4, -0.2) is 39.8 Å². The summed E-state index contributed by atoms with van der Waals surface area (Å²) in [5.41, 5.74) is 2.67. The molecule has 0 fully saturated rings. The van der Waals surface area contributed by atoms with Crippen LogP contribution in [0, 0.1) is 0 Å². The van der Waals surface area contributed by atoms with E-state index in [1.54, 1.807) is 17.6 Å². The number of nitrogens with zero attached hydrogens (tertiary/aromatic N) is 2. The van der Waals surface area contributed by atoms with Crippen molar-refractivity contribution < 1.29 is 33.0 Å². The van der Waals surface area contributed by atoms with Crippen molar-refractivity contribution in [2.24, 2.45) is 0 Å². The maximum atomic E-state index is 13.1. The van der Waals surface area contributed by atoms with Gasteiger partial charge in [-0.25, -0.2) is 9.97 Å². The highest BCUT2D eigenvalue weighted by molar-refractivity contribution is 7.10. The summed E-state index contributed by atoms with van der Waals surface area (Å²) in [6, 6.07) is 7.37. The number of benzene rings is 1. The molecule has 0 atom stereocenters. The van der Waals surface area contributed by atoms with Gasteiger partial charge >= 0.3 is 6.29 Å². The molecule has 0 saturated heterocycles. The van der Waals surface area contributed by atoms with Gasteiger partial charge in [-0.3, -0.25) is 9.59 Å². The maximum absolute atomic E-state index is 13.1. The Kier molecular flexibility index (Phi) is 6.33. The number of halogens is 2. The molecule has 0 unspecified atom stereocenters. The van der Waals surface area contributed by atoms with Crippen molar-refractivity contribution in [3.63, 3.8) is 0 Å².